The molecule has 1 rings (SSSR count). The maximum absolute atomic E-state index is 13.3. The van der Waals surface area contributed by atoms with Crippen molar-refractivity contribution in [1.29, 1.82) is 5.26 Å². The van der Waals surface area contributed by atoms with Crippen LogP contribution < -0.4 is 0 Å². The van der Waals surface area contributed by atoms with Crippen molar-refractivity contribution in [3.8, 4) is 6.07 Å². The van der Waals surface area contributed by atoms with Crippen LogP contribution in [-0.4, -0.2) is 18.1 Å². The van der Waals surface area contributed by atoms with E-state index in [0.717, 1.165) is 0 Å². The number of ether oxygens (including phenoxy) is 1. The van der Waals surface area contributed by atoms with Crippen molar-refractivity contribution >= 4 is 5.97 Å². The Hall–Kier alpha value is -1.96. The van der Waals surface area contributed by atoms with Gasteiger partial charge in [-0.05, 0) is 6.07 Å². The highest BCUT2D eigenvalue weighted by Crippen LogP contribution is 2.09. The molecule has 0 radical (unpaired) electrons. The lowest BCUT2D eigenvalue weighted by Crippen LogP contribution is -2.08. The van der Waals surface area contributed by atoms with Crippen molar-refractivity contribution in [3.05, 3.63) is 29.3 Å². The molecule has 5 heteroatoms. The zero-order valence-electron chi connectivity index (χ0n) is 7.45. The Morgan fingerprint density at radius 1 is 1.79 bits per heavy atom. The number of carbonyl (C=O) groups excluding carboxylic acids is 1. The van der Waals surface area contributed by atoms with Crippen LogP contribution in [0.3, 0.4) is 0 Å². The molecule has 0 spiro atoms. The normalized spacial score (nSPS) is 9.21. The number of pyridine rings is 1. The van der Waals surface area contributed by atoms with Gasteiger partial charge in [-0.2, -0.15) is 5.26 Å². The predicted molar refractivity (Wildman–Crippen MR) is 44.6 cm³/mol. The van der Waals surface area contributed by atoms with Gasteiger partial charge in [0.25, 0.3) is 0 Å². The zero-order chi connectivity index (χ0) is 10.6. The lowest BCUT2D eigenvalue weighted by molar-refractivity contribution is -0.139. The van der Waals surface area contributed by atoms with Crippen LogP contribution in [0.4, 0.5) is 4.39 Å². The van der Waals surface area contributed by atoms with Gasteiger partial charge < -0.3 is 4.74 Å². The summed E-state index contributed by atoms with van der Waals surface area (Å²) < 4.78 is 17.6. The summed E-state index contributed by atoms with van der Waals surface area (Å²) in [5.41, 5.74) is -0.199. The van der Waals surface area contributed by atoms with Gasteiger partial charge in [0, 0.05) is 6.20 Å². The van der Waals surface area contributed by atoms with E-state index in [1.54, 1.807) is 6.07 Å². The van der Waals surface area contributed by atoms with Crippen molar-refractivity contribution in [3.63, 3.8) is 0 Å². The third kappa shape index (κ3) is 2.04. The first kappa shape index (κ1) is 10.1. The van der Waals surface area contributed by atoms with Crippen LogP contribution in [0.25, 0.3) is 0 Å². The minimum atomic E-state index is -0.764. The Kier molecular flexibility index (Phi) is 3.13. The first-order valence-corrected chi connectivity index (χ1v) is 3.79. The maximum atomic E-state index is 13.3. The molecule has 0 aliphatic rings. The van der Waals surface area contributed by atoms with Gasteiger partial charge >= 0.3 is 5.97 Å². The van der Waals surface area contributed by atoms with Gasteiger partial charge in [0.1, 0.15) is 6.07 Å². The molecule has 0 saturated carbocycles. The minimum absolute atomic E-state index is 0.0732. The van der Waals surface area contributed by atoms with E-state index in [2.05, 4.69) is 9.72 Å². The van der Waals surface area contributed by atoms with Crippen molar-refractivity contribution in [2.45, 2.75) is 6.42 Å². The van der Waals surface area contributed by atoms with Crippen LogP contribution in [0.2, 0.25) is 0 Å². The fourth-order valence-corrected chi connectivity index (χ4v) is 0.906. The number of aromatic nitrogens is 1. The largest absolute Gasteiger partial charge is 0.469 e. The quantitative estimate of drug-likeness (QED) is 0.653. The number of nitriles is 1. The summed E-state index contributed by atoms with van der Waals surface area (Å²) in [5.74, 6) is -1.35. The average Bonchev–Trinajstić information content (AvgIpc) is 2.21. The number of hydrogen-bond donors (Lipinski definition) is 0. The number of rotatable bonds is 2. The minimum Gasteiger partial charge on any atom is -0.469 e. The van der Waals surface area contributed by atoms with Gasteiger partial charge in [0.05, 0.1) is 24.8 Å². The van der Waals surface area contributed by atoms with E-state index >= 15 is 0 Å². The van der Waals surface area contributed by atoms with E-state index in [9.17, 15) is 9.18 Å². The van der Waals surface area contributed by atoms with E-state index in [0.29, 0.717) is 0 Å². The van der Waals surface area contributed by atoms with Crippen molar-refractivity contribution in [1.82, 2.24) is 4.98 Å². The van der Waals surface area contributed by atoms with Crippen LogP contribution in [-0.2, 0) is 16.0 Å². The van der Waals surface area contributed by atoms with Crippen LogP contribution in [0, 0.1) is 17.1 Å². The fraction of sp³-hybridized carbons (Fsp3) is 0.222. The van der Waals surface area contributed by atoms with Gasteiger partial charge in [-0.25, -0.2) is 4.39 Å². The topological polar surface area (TPSA) is 63.0 Å². The zero-order valence-corrected chi connectivity index (χ0v) is 7.45. The summed E-state index contributed by atoms with van der Waals surface area (Å²) in [7, 11) is 1.20. The molecule has 0 aromatic carbocycles. The molecule has 1 aromatic rings. The molecule has 0 fully saturated rings. The SMILES string of the molecule is COC(=O)Cc1nccc(C#N)c1F. The molecule has 4 nitrogen and oxygen atoms in total. The lowest BCUT2D eigenvalue weighted by Gasteiger charge is -2.01. The molecule has 1 aromatic heterocycles. The number of carbonyl (C=O) groups is 1. The van der Waals surface area contributed by atoms with Crippen LogP contribution in [0.15, 0.2) is 12.3 Å². The molecule has 0 aliphatic carbocycles. The molecule has 0 atom stereocenters. The molecule has 0 saturated heterocycles. The molecule has 0 aliphatic heterocycles. The van der Waals surface area contributed by atoms with Crippen molar-refractivity contribution in [2.24, 2.45) is 0 Å². The van der Waals surface area contributed by atoms with E-state index in [1.165, 1.54) is 19.4 Å². The molecule has 1 heterocycles. The molecular formula is C9H7FN2O2. The van der Waals surface area contributed by atoms with Gasteiger partial charge in [-0.1, -0.05) is 0 Å². The second kappa shape index (κ2) is 4.33. The number of hydrogen-bond acceptors (Lipinski definition) is 4. The maximum Gasteiger partial charge on any atom is 0.311 e. The molecule has 14 heavy (non-hydrogen) atoms. The van der Waals surface area contributed by atoms with Crippen molar-refractivity contribution < 1.29 is 13.9 Å². The van der Waals surface area contributed by atoms with E-state index < -0.39 is 11.8 Å². The average molecular weight is 194 g/mol. The molecule has 0 bridgehead atoms. The highest BCUT2D eigenvalue weighted by Gasteiger charge is 2.12. The standard InChI is InChI=1S/C9H7FN2O2/c1-14-8(13)4-7-9(10)6(5-11)2-3-12-7/h2-3H,4H2,1H3. The highest BCUT2D eigenvalue weighted by atomic mass is 19.1. The summed E-state index contributed by atoms with van der Waals surface area (Å²) in [6, 6.07) is 2.91. The van der Waals surface area contributed by atoms with Gasteiger partial charge in [0.15, 0.2) is 5.82 Å². The molecule has 0 amide bonds. The molecule has 0 N–H and O–H groups in total. The van der Waals surface area contributed by atoms with E-state index in [-0.39, 0.29) is 17.7 Å². The Morgan fingerprint density at radius 3 is 3.07 bits per heavy atom. The summed E-state index contributed by atoms with van der Waals surface area (Å²) in [5, 5.41) is 8.50. The number of methoxy groups -OCH3 is 1. The van der Waals surface area contributed by atoms with Gasteiger partial charge in [-0.3, -0.25) is 9.78 Å². The predicted octanol–water partition coefficient (Wildman–Crippen LogP) is 0.808. The van der Waals surface area contributed by atoms with Gasteiger partial charge in [0.2, 0.25) is 0 Å². The lowest BCUT2D eigenvalue weighted by atomic mass is 10.2. The number of halogens is 1. The Balaban J connectivity index is 2.99. The van der Waals surface area contributed by atoms with E-state index in [4.69, 9.17) is 5.26 Å². The summed E-state index contributed by atoms with van der Waals surface area (Å²) in [6.07, 6.45) is 1.01. The second-order valence-electron chi connectivity index (χ2n) is 2.48. The van der Waals surface area contributed by atoms with Crippen LogP contribution in [0.5, 0.6) is 0 Å². The van der Waals surface area contributed by atoms with Crippen molar-refractivity contribution in [2.75, 3.05) is 7.11 Å². The monoisotopic (exact) mass is 194 g/mol. The first-order chi connectivity index (χ1) is 6.69. The highest BCUT2D eigenvalue weighted by molar-refractivity contribution is 5.72. The molecular weight excluding hydrogens is 187 g/mol. The summed E-state index contributed by atoms with van der Waals surface area (Å²) in [4.78, 5) is 14.5. The first-order valence-electron chi connectivity index (χ1n) is 3.79. The smallest absolute Gasteiger partial charge is 0.311 e. The number of nitrogens with zero attached hydrogens (tertiary/aromatic N) is 2. The molecule has 0 unspecified atom stereocenters. The summed E-state index contributed by atoms with van der Waals surface area (Å²) >= 11 is 0. The third-order valence-electron chi connectivity index (χ3n) is 1.62. The Morgan fingerprint density at radius 2 is 2.50 bits per heavy atom. The summed E-state index contributed by atoms with van der Waals surface area (Å²) in [6.45, 7) is 0. The molecule has 72 valence electrons. The van der Waals surface area contributed by atoms with Gasteiger partial charge in [-0.15, -0.1) is 0 Å². The Bertz CT molecular complexity index is 398. The second-order valence-corrected chi connectivity index (χ2v) is 2.48. The van der Waals surface area contributed by atoms with E-state index in [1.807, 2.05) is 0 Å². The Labute approximate surface area is 79.9 Å². The fourth-order valence-electron chi connectivity index (χ4n) is 0.906. The van der Waals surface area contributed by atoms with Crippen LogP contribution in [0.1, 0.15) is 11.3 Å². The number of esters is 1. The third-order valence-corrected chi connectivity index (χ3v) is 1.62. The van der Waals surface area contributed by atoms with Crippen LogP contribution >= 0.6 is 0 Å².